The lowest BCUT2D eigenvalue weighted by Crippen LogP contribution is -2.32. The maximum absolute atomic E-state index is 13.1. The molecule has 1 atom stereocenters. The molecule has 0 amide bonds. The molecule has 0 aliphatic rings. The number of hydrogen-bond donors (Lipinski definition) is 1. The maximum Gasteiger partial charge on any atom is 0.252 e. The van der Waals surface area contributed by atoms with E-state index in [1.807, 2.05) is 48.5 Å². The van der Waals surface area contributed by atoms with Gasteiger partial charge in [-0.1, -0.05) is 25.1 Å². The summed E-state index contributed by atoms with van der Waals surface area (Å²) in [4.78, 5) is 18.3. The number of H-pyrrole nitrogens is 1. The van der Waals surface area contributed by atoms with Crippen molar-refractivity contribution < 1.29 is 14.2 Å². The SMILES string of the molecule is CC[C@H](c1nnnn1CCOC)N(Cc1ccccc1OC)Cc1cc2cc(OC)ccc2[nH]c1=O. The second-order valence-electron chi connectivity index (χ2n) is 8.47. The van der Waals surface area contributed by atoms with Gasteiger partial charge in [0.15, 0.2) is 5.82 Å². The number of fused-ring (bicyclic) bond motifs is 1. The maximum atomic E-state index is 13.1. The van der Waals surface area contributed by atoms with Gasteiger partial charge in [0, 0.05) is 42.2 Å². The highest BCUT2D eigenvalue weighted by atomic mass is 16.5. The third kappa shape index (κ3) is 5.55. The molecule has 0 aliphatic carbocycles. The summed E-state index contributed by atoms with van der Waals surface area (Å²) in [5.41, 5.74) is 2.27. The first-order valence-electron chi connectivity index (χ1n) is 11.9. The third-order valence-electron chi connectivity index (χ3n) is 6.26. The number of methoxy groups -OCH3 is 3. The van der Waals surface area contributed by atoms with Crippen molar-refractivity contribution >= 4 is 10.9 Å². The Labute approximate surface area is 209 Å². The van der Waals surface area contributed by atoms with Gasteiger partial charge in [0.2, 0.25) is 0 Å². The molecule has 0 spiro atoms. The summed E-state index contributed by atoms with van der Waals surface area (Å²) >= 11 is 0. The van der Waals surface area contributed by atoms with Crippen LogP contribution in [-0.2, 0) is 24.4 Å². The predicted molar refractivity (Wildman–Crippen MR) is 136 cm³/mol. The Balaban J connectivity index is 1.76. The fraction of sp³-hybridized carbons (Fsp3) is 0.385. The highest BCUT2D eigenvalue weighted by Crippen LogP contribution is 2.29. The molecular formula is C26H32N6O4. The lowest BCUT2D eigenvalue weighted by molar-refractivity contribution is 0.149. The van der Waals surface area contributed by atoms with Crippen molar-refractivity contribution in [3.8, 4) is 11.5 Å². The number of tetrazole rings is 1. The van der Waals surface area contributed by atoms with Crippen molar-refractivity contribution in [3.63, 3.8) is 0 Å². The molecular weight excluding hydrogens is 460 g/mol. The first kappa shape index (κ1) is 25.3. The fourth-order valence-corrected chi connectivity index (χ4v) is 4.41. The quantitative estimate of drug-likeness (QED) is 0.321. The van der Waals surface area contributed by atoms with E-state index in [2.05, 4.69) is 32.3 Å². The lowest BCUT2D eigenvalue weighted by Gasteiger charge is -2.30. The van der Waals surface area contributed by atoms with Crippen LogP contribution >= 0.6 is 0 Å². The Morgan fingerprint density at radius 1 is 1.03 bits per heavy atom. The Bertz CT molecular complexity index is 1350. The number of ether oxygens (including phenoxy) is 3. The van der Waals surface area contributed by atoms with Crippen LogP contribution in [0.4, 0.5) is 0 Å². The fourth-order valence-electron chi connectivity index (χ4n) is 4.41. The normalized spacial score (nSPS) is 12.2. The number of aromatic amines is 1. The number of nitrogens with one attached hydrogen (secondary N) is 1. The minimum absolute atomic E-state index is 0.133. The van der Waals surface area contributed by atoms with E-state index in [0.29, 0.717) is 31.8 Å². The molecule has 190 valence electrons. The zero-order chi connectivity index (χ0) is 25.5. The van der Waals surface area contributed by atoms with Gasteiger partial charge in [0.05, 0.1) is 33.4 Å². The van der Waals surface area contributed by atoms with Gasteiger partial charge < -0.3 is 19.2 Å². The number of rotatable bonds is 12. The van der Waals surface area contributed by atoms with Gasteiger partial charge >= 0.3 is 0 Å². The molecule has 0 aliphatic heterocycles. The summed E-state index contributed by atoms with van der Waals surface area (Å²) in [5.74, 6) is 2.24. The summed E-state index contributed by atoms with van der Waals surface area (Å²) in [6, 6.07) is 15.3. The van der Waals surface area contributed by atoms with Crippen LogP contribution in [0.25, 0.3) is 10.9 Å². The molecule has 36 heavy (non-hydrogen) atoms. The molecule has 2 heterocycles. The standard InChI is InChI=1S/C26H32N6O4/c1-5-23(25-28-29-30-32(25)12-13-34-2)31(16-18-8-6-7-9-24(18)36-4)17-20-14-19-15-21(35-3)10-11-22(19)27-26(20)33/h6-11,14-15,23H,5,12-13,16-17H2,1-4H3,(H,27,33)/t23-/m1/s1. The monoisotopic (exact) mass is 492 g/mol. The van der Waals surface area contributed by atoms with Crippen LogP contribution in [0.5, 0.6) is 11.5 Å². The zero-order valence-electron chi connectivity index (χ0n) is 21.1. The van der Waals surface area contributed by atoms with Gasteiger partial charge in [-0.15, -0.1) is 5.10 Å². The Morgan fingerprint density at radius 2 is 1.83 bits per heavy atom. The van der Waals surface area contributed by atoms with E-state index >= 15 is 0 Å². The number of aromatic nitrogens is 5. The van der Waals surface area contributed by atoms with Gasteiger partial charge in [-0.05, 0) is 47.2 Å². The van der Waals surface area contributed by atoms with Crippen molar-refractivity contribution in [2.75, 3.05) is 27.9 Å². The van der Waals surface area contributed by atoms with Crippen LogP contribution in [-0.4, -0.2) is 58.0 Å². The average molecular weight is 493 g/mol. The molecule has 0 saturated heterocycles. The van der Waals surface area contributed by atoms with Crippen molar-refractivity contribution in [2.24, 2.45) is 0 Å². The van der Waals surface area contributed by atoms with E-state index in [1.54, 1.807) is 26.0 Å². The van der Waals surface area contributed by atoms with E-state index in [-0.39, 0.29) is 11.6 Å². The van der Waals surface area contributed by atoms with Gasteiger partial charge in [-0.25, -0.2) is 4.68 Å². The van der Waals surface area contributed by atoms with Crippen LogP contribution < -0.4 is 15.0 Å². The van der Waals surface area contributed by atoms with Crippen LogP contribution in [0.3, 0.4) is 0 Å². The van der Waals surface area contributed by atoms with E-state index in [1.165, 1.54) is 0 Å². The zero-order valence-corrected chi connectivity index (χ0v) is 21.1. The second kappa shape index (κ2) is 11.8. The van der Waals surface area contributed by atoms with Crippen molar-refractivity contribution in [3.05, 3.63) is 75.8 Å². The van der Waals surface area contributed by atoms with Crippen molar-refractivity contribution in [1.29, 1.82) is 0 Å². The summed E-state index contributed by atoms with van der Waals surface area (Å²) < 4.78 is 18.0. The lowest BCUT2D eigenvalue weighted by atomic mass is 10.1. The summed E-state index contributed by atoms with van der Waals surface area (Å²) in [7, 11) is 4.94. The topological polar surface area (TPSA) is 107 Å². The van der Waals surface area contributed by atoms with E-state index in [4.69, 9.17) is 14.2 Å². The molecule has 0 fully saturated rings. The molecule has 10 heteroatoms. The summed E-state index contributed by atoms with van der Waals surface area (Å²) in [6.07, 6.45) is 0.738. The second-order valence-corrected chi connectivity index (χ2v) is 8.47. The molecule has 10 nitrogen and oxygen atoms in total. The Hall–Kier alpha value is -3.76. The van der Waals surface area contributed by atoms with E-state index in [9.17, 15) is 4.79 Å². The Morgan fingerprint density at radius 3 is 2.58 bits per heavy atom. The molecule has 4 aromatic rings. The molecule has 0 radical (unpaired) electrons. The van der Waals surface area contributed by atoms with Crippen LogP contribution in [0.1, 0.15) is 36.3 Å². The highest BCUT2D eigenvalue weighted by molar-refractivity contribution is 5.80. The van der Waals surface area contributed by atoms with Crippen LogP contribution in [0.2, 0.25) is 0 Å². The summed E-state index contributed by atoms with van der Waals surface area (Å²) in [6.45, 7) is 4.04. The molecule has 0 bridgehead atoms. The average Bonchev–Trinajstić information content (AvgIpc) is 3.36. The minimum Gasteiger partial charge on any atom is -0.497 e. The van der Waals surface area contributed by atoms with Gasteiger partial charge in [-0.2, -0.15) is 0 Å². The molecule has 0 unspecified atom stereocenters. The smallest absolute Gasteiger partial charge is 0.252 e. The van der Waals surface area contributed by atoms with Gasteiger partial charge in [-0.3, -0.25) is 9.69 Å². The largest absolute Gasteiger partial charge is 0.497 e. The first-order valence-corrected chi connectivity index (χ1v) is 11.9. The third-order valence-corrected chi connectivity index (χ3v) is 6.26. The molecule has 4 rings (SSSR count). The summed E-state index contributed by atoms with van der Waals surface area (Å²) in [5, 5.41) is 13.4. The number of para-hydroxylation sites is 1. The van der Waals surface area contributed by atoms with Crippen molar-refractivity contribution in [2.45, 2.75) is 39.0 Å². The number of benzene rings is 2. The Kier molecular flexibility index (Phi) is 8.29. The number of pyridine rings is 1. The predicted octanol–water partition coefficient (Wildman–Crippen LogP) is 3.33. The van der Waals surface area contributed by atoms with E-state index in [0.717, 1.165) is 40.2 Å². The molecule has 2 aromatic carbocycles. The van der Waals surface area contributed by atoms with Crippen molar-refractivity contribution in [1.82, 2.24) is 30.1 Å². The van der Waals surface area contributed by atoms with Gasteiger partial charge in [0.25, 0.3) is 5.56 Å². The van der Waals surface area contributed by atoms with Crippen LogP contribution in [0, 0.1) is 0 Å². The van der Waals surface area contributed by atoms with Crippen LogP contribution in [0.15, 0.2) is 53.3 Å². The first-order chi connectivity index (χ1) is 17.6. The van der Waals surface area contributed by atoms with Gasteiger partial charge in [0.1, 0.15) is 11.5 Å². The van der Waals surface area contributed by atoms with E-state index < -0.39 is 0 Å². The molecule has 2 aromatic heterocycles. The number of hydrogen-bond acceptors (Lipinski definition) is 8. The number of nitrogens with zero attached hydrogens (tertiary/aromatic N) is 5. The molecule has 1 N–H and O–H groups in total. The minimum atomic E-state index is -0.151. The molecule has 0 saturated carbocycles. The highest BCUT2D eigenvalue weighted by Gasteiger charge is 2.26.